The van der Waals surface area contributed by atoms with Crippen molar-refractivity contribution in [3.63, 3.8) is 0 Å². The topological polar surface area (TPSA) is 14.8 Å². The summed E-state index contributed by atoms with van der Waals surface area (Å²) in [7, 11) is 2.42. The van der Waals surface area contributed by atoms with E-state index in [4.69, 9.17) is 0 Å². The van der Waals surface area contributed by atoms with Crippen LogP contribution in [0.25, 0.3) is 55.9 Å². The highest BCUT2D eigenvalue weighted by atomic mass is 15.7. The van der Waals surface area contributed by atoms with Gasteiger partial charge in [0.2, 0.25) is 0 Å². The van der Waals surface area contributed by atoms with E-state index < -0.39 is 5.91 Å². The van der Waals surface area contributed by atoms with Crippen LogP contribution in [-0.2, 0) is 5.91 Å². The number of hydrogen-bond acceptors (Lipinski definition) is 0. The highest BCUT2D eigenvalue weighted by Gasteiger charge is 2.70. The Hall–Kier alpha value is -4.80. The van der Waals surface area contributed by atoms with Crippen molar-refractivity contribution in [1.29, 1.82) is 0 Å². The molecule has 10 rings (SSSR count). The standard InChI is InChI=1S/C34H23N4/c1-38-32-17-9-5-13-25(32)21-33(38)31-20-24-12-4-8-16-28(24)37(31)34(38)35-26-14-6-2-10-22(26)18-29(35)30-19-23-11-3-7-15-27(23)36(30)34/h2-21H,1H3/q+1. The molecule has 6 heterocycles. The zero-order valence-electron chi connectivity index (χ0n) is 20.8. The SMILES string of the molecule is C[N+]12C(=Cc3ccccc31)c1cc3ccccc3n1C21n2c(cc3ccccc32)-c2cc3ccccc3n21. The Morgan fingerprint density at radius 2 is 0.974 bits per heavy atom. The van der Waals surface area contributed by atoms with Gasteiger partial charge in [-0.1, -0.05) is 66.7 Å². The van der Waals surface area contributed by atoms with E-state index >= 15 is 0 Å². The molecule has 4 aromatic carbocycles. The Labute approximate surface area is 219 Å². The van der Waals surface area contributed by atoms with Crippen molar-refractivity contribution in [3.8, 4) is 11.4 Å². The lowest BCUT2D eigenvalue weighted by Crippen LogP contribution is -2.64. The molecule has 1 unspecified atom stereocenters. The van der Waals surface area contributed by atoms with E-state index in [1.165, 1.54) is 66.7 Å². The fourth-order valence-electron chi connectivity index (χ4n) is 7.95. The van der Waals surface area contributed by atoms with Crippen LogP contribution in [0.2, 0.25) is 0 Å². The van der Waals surface area contributed by atoms with Crippen LogP contribution in [-0.4, -0.2) is 20.7 Å². The fraction of sp³-hybridized carbons (Fsp3) is 0.0588. The Morgan fingerprint density at radius 3 is 1.55 bits per heavy atom. The first-order valence-corrected chi connectivity index (χ1v) is 13.2. The van der Waals surface area contributed by atoms with Crippen LogP contribution < -0.4 is 4.48 Å². The van der Waals surface area contributed by atoms with Gasteiger partial charge in [-0.15, -0.1) is 0 Å². The lowest BCUT2D eigenvalue weighted by Gasteiger charge is -2.44. The number of quaternary nitrogens is 1. The highest BCUT2D eigenvalue weighted by Crippen LogP contribution is 2.63. The molecule has 38 heavy (non-hydrogen) atoms. The maximum Gasteiger partial charge on any atom is 0.367 e. The maximum absolute atomic E-state index is 2.63. The molecule has 7 aromatic rings. The van der Waals surface area contributed by atoms with Gasteiger partial charge in [0.05, 0.1) is 35.0 Å². The van der Waals surface area contributed by atoms with Crippen LogP contribution in [0.1, 0.15) is 11.3 Å². The number of hydrogen-bond donors (Lipinski definition) is 0. The van der Waals surface area contributed by atoms with Gasteiger partial charge >= 0.3 is 5.91 Å². The number of fused-ring (bicyclic) bond motifs is 18. The van der Waals surface area contributed by atoms with Gasteiger partial charge in [0, 0.05) is 33.9 Å². The minimum absolute atomic E-state index is 0.631. The molecule has 4 nitrogen and oxygen atoms in total. The highest BCUT2D eigenvalue weighted by molar-refractivity contribution is 6.04. The van der Waals surface area contributed by atoms with Gasteiger partial charge in [0.15, 0.2) is 11.4 Å². The van der Waals surface area contributed by atoms with Crippen molar-refractivity contribution in [2.24, 2.45) is 0 Å². The molecule has 3 aliphatic heterocycles. The van der Waals surface area contributed by atoms with E-state index in [2.05, 4.69) is 142 Å². The van der Waals surface area contributed by atoms with Crippen molar-refractivity contribution in [1.82, 2.24) is 18.2 Å². The lowest BCUT2D eigenvalue weighted by atomic mass is 10.1. The summed E-state index contributed by atoms with van der Waals surface area (Å²) < 4.78 is 8.52. The summed E-state index contributed by atoms with van der Waals surface area (Å²) in [5.74, 6) is -0.631. The van der Waals surface area contributed by atoms with Crippen molar-refractivity contribution in [2.45, 2.75) is 5.91 Å². The summed E-state index contributed by atoms with van der Waals surface area (Å²) in [4.78, 5) is 0. The molecule has 1 spiro atoms. The van der Waals surface area contributed by atoms with Crippen molar-refractivity contribution < 1.29 is 0 Å². The third-order valence-electron chi connectivity index (χ3n) is 9.35. The first-order chi connectivity index (χ1) is 18.7. The van der Waals surface area contributed by atoms with Crippen molar-refractivity contribution >= 4 is 50.2 Å². The normalized spacial score (nSPS) is 19.7. The second kappa shape index (κ2) is 6.01. The first-order valence-electron chi connectivity index (χ1n) is 13.2. The van der Waals surface area contributed by atoms with Crippen LogP contribution in [0.5, 0.6) is 0 Å². The van der Waals surface area contributed by atoms with E-state index in [1.807, 2.05) is 0 Å². The zero-order chi connectivity index (χ0) is 24.8. The molecule has 178 valence electrons. The fourth-order valence-corrected chi connectivity index (χ4v) is 7.95. The second-order valence-corrected chi connectivity index (χ2v) is 11.0. The molecule has 0 saturated carbocycles. The number of rotatable bonds is 0. The van der Waals surface area contributed by atoms with Gasteiger partial charge in [-0.3, -0.25) is 0 Å². The lowest BCUT2D eigenvalue weighted by molar-refractivity contribution is 0.0810. The smallest absolute Gasteiger partial charge is 0.248 e. The molecule has 0 radical (unpaired) electrons. The molecule has 4 heteroatoms. The zero-order valence-corrected chi connectivity index (χ0v) is 20.8. The molecule has 0 aliphatic carbocycles. The van der Waals surface area contributed by atoms with Gasteiger partial charge < -0.3 is 0 Å². The quantitative estimate of drug-likeness (QED) is 0.195. The summed E-state index contributed by atoms with van der Waals surface area (Å²) in [6.07, 6.45) is 2.42. The predicted molar refractivity (Wildman–Crippen MR) is 156 cm³/mol. The summed E-state index contributed by atoms with van der Waals surface area (Å²) in [6.45, 7) is 0. The maximum atomic E-state index is 2.63. The number of para-hydroxylation sites is 4. The van der Waals surface area contributed by atoms with E-state index in [-0.39, 0.29) is 0 Å². The molecular weight excluding hydrogens is 464 g/mol. The summed E-state index contributed by atoms with van der Waals surface area (Å²) in [5, 5.41) is 3.81. The van der Waals surface area contributed by atoms with Crippen LogP contribution in [0.3, 0.4) is 0 Å². The van der Waals surface area contributed by atoms with Crippen LogP contribution in [0.15, 0.2) is 115 Å². The van der Waals surface area contributed by atoms with Crippen LogP contribution >= 0.6 is 0 Å². The van der Waals surface area contributed by atoms with Gasteiger partial charge in [-0.05, 0) is 42.5 Å². The molecule has 0 fully saturated rings. The molecule has 3 aromatic heterocycles. The monoisotopic (exact) mass is 487 g/mol. The Bertz CT molecular complexity index is 2140. The van der Waals surface area contributed by atoms with E-state index in [1.54, 1.807) is 0 Å². The van der Waals surface area contributed by atoms with Crippen LogP contribution in [0.4, 0.5) is 5.69 Å². The third-order valence-corrected chi connectivity index (χ3v) is 9.35. The minimum atomic E-state index is -0.631. The Kier molecular flexibility index (Phi) is 3.06. The van der Waals surface area contributed by atoms with Crippen LogP contribution in [0, 0.1) is 0 Å². The molecule has 0 amide bonds. The van der Waals surface area contributed by atoms with Gasteiger partial charge in [-0.25, -0.2) is 13.7 Å². The summed E-state index contributed by atoms with van der Waals surface area (Å²) in [6, 6.07) is 42.7. The molecule has 3 aliphatic rings. The molecule has 0 saturated heterocycles. The average molecular weight is 488 g/mol. The number of nitrogens with zero attached hydrogens (tertiary/aromatic N) is 4. The van der Waals surface area contributed by atoms with Gasteiger partial charge in [-0.2, -0.15) is 4.48 Å². The minimum Gasteiger partial charge on any atom is -0.248 e. The van der Waals surface area contributed by atoms with Gasteiger partial charge in [0.25, 0.3) is 0 Å². The Balaban J connectivity index is 1.54. The first kappa shape index (κ1) is 19.3. The second-order valence-electron chi connectivity index (χ2n) is 11.0. The van der Waals surface area contributed by atoms with E-state index in [0.29, 0.717) is 4.48 Å². The molecule has 1 atom stereocenters. The van der Waals surface area contributed by atoms with Crippen molar-refractivity contribution in [3.05, 3.63) is 127 Å². The largest absolute Gasteiger partial charge is 0.367 e. The number of aromatic nitrogens is 3. The third kappa shape index (κ3) is 1.79. The van der Waals surface area contributed by atoms with Gasteiger partial charge in [0.1, 0.15) is 5.69 Å². The molecule has 0 bridgehead atoms. The van der Waals surface area contributed by atoms with E-state index in [0.717, 1.165) is 0 Å². The van der Waals surface area contributed by atoms with Crippen molar-refractivity contribution in [2.75, 3.05) is 7.05 Å². The average Bonchev–Trinajstić information content (AvgIpc) is 3.75. The molecular formula is C34H23N4+. The van der Waals surface area contributed by atoms with E-state index in [9.17, 15) is 0 Å². The Morgan fingerprint density at radius 1 is 0.526 bits per heavy atom. The summed E-state index contributed by atoms with van der Waals surface area (Å²) >= 11 is 0. The summed E-state index contributed by atoms with van der Waals surface area (Å²) in [5.41, 5.74) is 11.5. The molecule has 0 N–H and O–H groups in total. The predicted octanol–water partition coefficient (Wildman–Crippen LogP) is 7.66. The number of benzene rings is 4.